The van der Waals surface area contributed by atoms with E-state index in [-0.39, 0.29) is 0 Å². The Morgan fingerprint density at radius 2 is 1.94 bits per heavy atom. The highest BCUT2D eigenvalue weighted by molar-refractivity contribution is 7.21. The molecule has 4 heteroatoms. The monoisotopic (exact) mass is 252 g/mol. The molecule has 86 valence electrons. The summed E-state index contributed by atoms with van der Waals surface area (Å²) in [5.74, 6) is 0. The van der Waals surface area contributed by atoms with Crippen LogP contribution in [0.2, 0.25) is 0 Å². The van der Waals surface area contributed by atoms with Crippen LogP contribution in [0.15, 0.2) is 53.3 Å². The van der Waals surface area contributed by atoms with Crippen LogP contribution in [0.3, 0.4) is 0 Å². The fraction of sp³-hybridized carbons (Fsp3) is 0. The molecular formula is C14H8N2OS. The lowest BCUT2D eigenvalue weighted by molar-refractivity contribution is 0.602. The van der Waals surface area contributed by atoms with Crippen molar-refractivity contribution in [3.05, 3.63) is 48.9 Å². The molecule has 3 nitrogen and oxygen atoms in total. The Morgan fingerprint density at radius 1 is 1.00 bits per heavy atom. The van der Waals surface area contributed by atoms with Crippen molar-refractivity contribution >= 4 is 32.7 Å². The van der Waals surface area contributed by atoms with Crippen LogP contribution >= 0.6 is 11.3 Å². The van der Waals surface area contributed by atoms with E-state index < -0.39 is 0 Å². The minimum absolute atomic E-state index is 0.798. The van der Waals surface area contributed by atoms with Crippen LogP contribution in [0.25, 0.3) is 31.9 Å². The second kappa shape index (κ2) is 3.65. The van der Waals surface area contributed by atoms with Gasteiger partial charge in [0, 0.05) is 5.56 Å². The standard InChI is InChI=1S/C14H8N2OS/c1-2-4-13-11(3-1)16-14(18-13)9-5-6-10-12(7-9)17-8-15-10/h1-8H. The number of aromatic nitrogens is 2. The first-order chi connectivity index (χ1) is 8.90. The predicted molar refractivity (Wildman–Crippen MR) is 72.6 cm³/mol. The normalized spacial score (nSPS) is 11.3. The number of benzene rings is 2. The Balaban J connectivity index is 1.94. The van der Waals surface area contributed by atoms with Crippen molar-refractivity contribution in [2.75, 3.05) is 0 Å². The third-order valence-corrected chi connectivity index (χ3v) is 3.96. The Bertz CT molecular complexity index is 814. The van der Waals surface area contributed by atoms with Crippen molar-refractivity contribution in [3.8, 4) is 10.6 Å². The third-order valence-electron chi connectivity index (χ3n) is 2.87. The molecule has 0 atom stereocenters. The topological polar surface area (TPSA) is 38.9 Å². The van der Waals surface area contributed by atoms with E-state index in [2.05, 4.69) is 16.0 Å². The largest absolute Gasteiger partial charge is 0.443 e. The lowest BCUT2D eigenvalue weighted by Gasteiger charge is -1.94. The van der Waals surface area contributed by atoms with Crippen LogP contribution < -0.4 is 0 Å². The van der Waals surface area contributed by atoms with Crippen molar-refractivity contribution in [3.63, 3.8) is 0 Å². The molecule has 0 aliphatic heterocycles. The molecule has 0 spiro atoms. The third kappa shape index (κ3) is 1.43. The number of thiazole rings is 1. The molecule has 4 aromatic rings. The summed E-state index contributed by atoms with van der Waals surface area (Å²) < 4.78 is 6.52. The maximum atomic E-state index is 5.32. The summed E-state index contributed by atoms with van der Waals surface area (Å²) in [6.45, 7) is 0. The molecule has 0 saturated carbocycles. The average Bonchev–Trinajstić information content (AvgIpc) is 3.04. The zero-order chi connectivity index (χ0) is 11.9. The van der Waals surface area contributed by atoms with Crippen molar-refractivity contribution in [1.29, 1.82) is 0 Å². The van der Waals surface area contributed by atoms with Crippen LogP contribution in [-0.2, 0) is 0 Å². The van der Waals surface area contributed by atoms with Crippen molar-refractivity contribution < 1.29 is 4.42 Å². The molecule has 0 amide bonds. The number of hydrogen-bond donors (Lipinski definition) is 0. The molecule has 2 aromatic carbocycles. The molecule has 0 unspecified atom stereocenters. The Morgan fingerprint density at radius 3 is 2.89 bits per heavy atom. The molecule has 2 aromatic heterocycles. The first-order valence-corrected chi connectivity index (χ1v) is 6.41. The zero-order valence-corrected chi connectivity index (χ0v) is 10.1. The molecular weight excluding hydrogens is 244 g/mol. The second-order valence-electron chi connectivity index (χ2n) is 4.02. The quantitative estimate of drug-likeness (QED) is 0.512. The van der Waals surface area contributed by atoms with Gasteiger partial charge in [-0.2, -0.15) is 0 Å². The Hall–Kier alpha value is -2.20. The van der Waals surface area contributed by atoms with Gasteiger partial charge in [-0.25, -0.2) is 9.97 Å². The number of fused-ring (bicyclic) bond motifs is 2. The van der Waals surface area contributed by atoms with Gasteiger partial charge in [0.2, 0.25) is 0 Å². The molecule has 0 bridgehead atoms. The first kappa shape index (κ1) is 9.79. The summed E-state index contributed by atoms with van der Waals surface area (Å²) in [5.41, 5.74) is 3.78. The van der Waals surface area contributed by atoms with Crippen LogP contribution in [0.1, 0.15) is 0 Å². The number of rotatable bonds is 1. The summed E-state index contributed by atoms with van der Waals surface area (Å²) in [6, 6.07) is 14.1. The molecule has 0 aliphatic carbocycles. The number of nitrogens with zero attached hydrogens (tertiary/aromatic N) is 2. The van der Waals surface area contributed by atoms with Gasteiger partial charge in [-0.05, 0) is 30.3 Å². The molecule has 0 saturated heterocycles. The van der Waals surface area contributed by atoms with Gasteiger partial charge in [0.25, 0.3) is 0 Å². The van der Waals surface area contributed by atoms with E-state index in [4.69, 9.17) is 4.42 Å². The van der Waals surface area contributed by atoms with Gasteiger partial charge < -0.3 is 4.42 Å². The molecule has 0 N–H and O–H groups in total. The van der Waals surface area contributed by atoms with E-state index in [1.54, 1.807) is 11.3 Å². The zero-order valence-electron chi connectivity index (χ0n) is 9.33. The summed E-state index contributed by atoms with van der Waals surface area (Å²) >= 11 is 1.69. The molecule has 0 aliphatic rings. The molecule has 0 fully saturated rings. The maximum Gasteiger partial charge on any atom is 0.181 e. The average molecular weight is 252 g/mol. The van der Waals surface area contributed by atoms with E-state index >= 15 is 0 Å². The molecule has 4 rings (SSSR count). The molecule has 0 radical (unpaired) electrons. The van der Waals surface area contributed by atoms with Gasteiger partial charge in [-0.15, -0.1) is 11.3 Å². The van der Waals surface area contributed by atoms with E-state index in [1.165, 1.54) is 11.1 Å². The van der Waals surface area contributed by atoms with Gasteiger partial charge in [0.15, 0.2) is 12.0 Å². The van der Waals surface area contributed by atoms with E-state index in [9.17, 15) is 0 Å². The second-order valence-corrected chi connectivity index (χ2v) is 5.05. The van der Waals surface area contributed by atoms with Crippen molar-refractivity contribution in [2.45, 2.75) is 0 Å². The number of oxazole rings is 1. The van der Waals surface area contributed by atoms with E-state index in [1.807, 2.05) is 36.4 Å². The van der Waals surface area contributed by atoms with E-state index in [0.29, 0.717) is 0 Å². The highest BCUT2D eigenvalue weighted by Crippen LogP contribution is 2.31. The van der Waals surface area contributed by atoms with Gasteiger partial charge >= 0.3 is 0 Å². The SMILES string of the molecule is c1ccc2sc(-c3ccc4ncoc4c3)nc2c1. The predicted octanol–water partition coefficient (Wildman–Crippen LogP) is 4.10. The summed E-state index contributed by atoms with van der Waals surface area (Å²) in [6.07, 6.45) is 1.47. The van der Waals surface area contributed by atoms with Crippen molar-refractivity contribution in [1.82, 2.24) is 9.97 Å². The van der Waals surface area contributed by atoms with Crippen LogP contribution in [-0.4, -0.2) is 9.97 Å². The Labute approximate surface area is 107 Å². The molecule has 18 heavy (non-hydrogen) atoms. The number of hydrogen-bond acceptors (Lipinski definition) is 4. The smallest absolute Gasteiger partial charge is 0.181 e. The minimum Gasteiger partial charge on any atom is -0.443 e. The lowest BCUT2D eigenvalue weighted by atomic mass is 10.2. The summed E-state index contributed by atoms with van der Waals surface area (Å²) in [7, 11) is 0. The summed E-state index contributed by atoms with van der Waals surface area (Å²) in [5, 5.41) is 1.01. The van der Waals surface area contributed by atoms with Crippen LogP contribution in [0.5, 0.6) is 0 Å². The number of para-hydroxylation sites is 1. The lowest BCUT2D eigenvalue weighted by Crippen LogP contribution is -1.75. The highest BCUT2D eigenvalue weighted by Gasteiger charge is 2.07. The fourth-order valence-corrected chi connectivity index (χ4v) is 2.95. The van der Waals surface area contributed by atoms with Gasteiger partial charge in [-0.1, -0.05) is 12.1 Å². The van der Waals surface area contributed by atoms with Gasteiger partial charge in [0.1, 0.15) is 10.5 Å². The highest BCUT2D eigenvalue weighted by atomic mass is 32.1. The molecule has 2 heterocycles. The van der Waals surface area contributed by atoms with Crippen molar-refractivity contribution in [2.24, 2.45) is 0 Å². The maximum absolute atomic E-state index is 5.32. The Kier molecular flexibility index (Phi) is 1.98. The first-order valence-electron chi connectivity index (χ1n) is 5.59. The van der Waals surface area contributed by atoms with Crippen LogP contribution in [0.4, 0.5) is 0 Å². The van der Waals surface area contributed by atoms with Crippen LogP contribution in [0, 0.1) is 0 Å². The van der Waals surface area contributed by atoms with E-state index in [0.717, 1.165) is 27.2 Å². The van der Waals surface area contributed by atoms with Gasteiger partial charge in [0.05, 0.1) is 10.2 Å². The summed E-state index contributed by atoms with van der Waals surface area (Å²) in [4.78, 5) is 8.74. The fourth-order valence-electron chi connectivity index (χ4n) is 1.98. The minimum atomic E-state index is 0.798. The van der Waals surface area contributed by atoms with Gasteiger partial charge in [-0.3, -0.25) is 0 Å².